The molecule has 1 saturated carbocycles. The SMILES string of the molecule is CCNCC(CC1CCC1)c1ccccc1. The molecule has 1 aromatic carbocycles. The van der Waals surface area contributed by atoms with Crippen molar-refractivity contribution in [3.8, 4) is 0 Å². The Labute approximate surface area is 99.3 Å². The average molecular weight is 217 g/mol. The molecule has 1 heteroatoms. The van der Waals surface area contributed by atoms with E-state index in [0.717, 1.165) is 19.0 Å². The fourth-order valence-corrected chi connectivity index (χ4v) is 2.51. The van der Waals surface area contributed by atoms with Crippen LogP contribution in [0.25, 0.3) is 0 Å². The van der Waals surface area contributed by atoms with Crippen LogP contribution >= 0.6 is 0 Å². The van der Waals surface area contributed by atoms with Crippen LogP contribution in [0.15, 0.2) is 30.3 Å². The Morgan fingerprint density at radius 1 is 1.25 bits per heavy atom. The lowest BCUT2D eigenvalue weighted by Gasteiger charge is -2.30. The third-order valence-electron chi connectivity index (χ3n) is 3.75. The maximum atomic E-state index is 3.50. The Bertz CT molecular complexity index is 290. The van der Waals surface area contributed by atoms with Gasteiger partial charge in [0.2, 0.25) is 0 Å². The molecule has 1 aromatic rings. The first-order valence-electron chi connectivity index (χ1n) is 6.65. The summed E-state index contributed by atoms with van der Waals surface area (Å²) in [6, 6.07) is 11.0. The molecule has 1 N–H and O–H groups in total. The molecule has 0 aliphatic heterocycles. The second kappa shape index (κ2) is 6.05. The molecule has 0 spiro atoms. The van der Waals surface area contributed by atoms with Gasteiger partial charge in [-0.15, -0.1) is 0 Å². The third-order valence-corrected chi connectivity index (χ3v) is 3.75. The minimum atomic E-state index is 0.714. The van der Waals surface area contributed by atoms with Gasteiger partial charge < -0.3 is 5.32 Å². The van der Waals surface area contributed by atoms with Crippen molar-refractivity contribution in [2.24, 2.45) is 5.92 Å². The van der Waals surface area contributed by atoms with Crippen molar-refractivity contribution in [2.45, 2.75) is 38.5 Å². The zero-order chi connectivity index (χ0) is 11.2. The minimum absolute atomic E-state index is 0.714. The molecule has 1 atom stereocenters. The molecule has 0 heterocycles. The summed E-state index contributed by atoms with van der Waals surface area (Å²) < 4.78 is 0. The average Bonchev–Trinajstić information content (AvgIpc) is 2.28. The van der Waals surface area contributed by atoms with Crippen molar-refractivity contribution in [1.29, 1.82) is 0 Å². The summed E-state index contributed by atoms with van der Waals surface area (Å²) in [5.41, 5.74) is 1.51. The quantitative estimate of drug-likeness (QED) is 0.768. The topological polar surface area (TPSA) is 12.0 Å². The summed E-state index contributed by atoms with van der Waals surface area (Å²) in [4.78, 5) is 0. The van der Waals surface area contributed by atoms with Gasteiger partial charge in [0.1, 0.15) is 0 Å². The standard InChI is InChI=1S/C15H23N/c1-2-16-12-15(11-13-7-6-8-13)14-9-4-3-5-10-14/h3-5,9-10,13,15-16H,2,6-8,11-12H2,1H3. The van der Waals surface area contributed by atoms with E-state index >= 15 is 0 Å². The Balaban J connectivity index is 1.95. The molecule has 0 bridgehead atoms. The number of likely N-dealkylation sites (N-methyl/N-ethyl adjacent to an activating group) is 1. The van der Waals surface area contributed by atoms with E-state index in [9.17, 15) is 0 Å². The lowest BCUT2D eigenvalue weighted by molar-refractivity contribution is 0.273. The number of nitrogens with one attached hydrogen (secondary N) is 1. The monoisotopic (exact) mass is 217 g/mol. The molecule has 2 rings (SSSR count). The van der Waals surface area contributed by atoms with Gasteiger partial charge in [0.15, 0.2) is 0 Å². The van der Waals surface area contributed by atoms with E-state index in [0.29, 0.717) is 5.92 Å². The minimum Gasteiger partial charge on any atom is -0.316 e. The first kappa shape index (κ1) is 11.7. The first-order chi connectivity index (χ1) is 7.90. The highest BCUT2D eigenvalue weighted by Crippen LogP contribution is 2.35. The lowest BCUT2D eigenvalue weighted by atomic mass is 9.77. The van der Waals surface area contributed by atoms with Crippen LogP contribution in [0.1, 0.15) is 44.1 Å². The molecule has 1 nitrogen and oxygen atoms in total. The van der Waals surface area contributed by atoms with Crippen molar-refractivity contribution in [3.05, 3.63) is 35.9 Å². The second-order valence-electron chi connectivity index (χ2n) is 4.95. The Morgan fingerprint density at radius 3 is 2.56 bits per heavy atom. The normalized spacial score (nSPS) is 18.1. The largest absolute Gasteiger partial charge is 0.316 e. The predicted molar refractivity (Wildman–Crippen MR) is 69.7 cm³/mol. The Kier molecular flexibility index (Phi) is 4.41. The van der Waals surface area contributed by atoms with Crippen molar-refractivity contribution < 1.29 is 0 Å². The van der Waals surface area contributed by atoms with Crippen molar-refractivity contribution >= 4 is 0 Å². The van der Waals surface area contributed by atoms with Crippen LogP contribution in [-0.2, 0) is 0 Å². The van der Waals surface area contributed by atoms with Crippen LogP contribution in [0.2, 0.25) is 0 Å². The highest BCUT2D eigenvalue weighted by Gasteiger charge is 2.22. The molecule has 0 aromatic heterocycles. The molecule has 0 amide bonds. The molecule has 88 valence electrons. The lowest BCUT2D eigenvalue weighted by Crippen LogP contribution is -2.25. The van der Waals surface area contributed by atoms with Crippen LogP contribution in [0.4, 0.5) is 0 Å². The van der Waals surface area contributed by atoms with Gasteiger partial charge in [0.05, 0.1) is 0 Å². The highest BCUT2D eigenvalue weighted by atomic mass is 14.8. The first-order valence-corrected chi connectivity index (χ1v) is 6.65. The maximum Gasteiger partial charge on any atom is 0.00201 e. The van der Waals surface area contributed by atoms with Gasteiger partial charge >= 0.3 is 0 Å². The van der Waals surface area contributed by atoms with Crippen molar-refractivity contribution in [1.82, 2.24) is 5.32 Å². The maximum absolute atomic E-state index is 3.50. The van der Waals surface area contributed by atoms with Crippen LogP contribution in [0.5, 0.6) is 0 Å². The van der Waals surface area contributed by atoms with Crippen LogP contribution in [-0.4, -0.2) is 13.1 Å². The van der Waals surface area contributed by atoms with E-state index in [1.807, 2.05) is 0 Å². The van der Waals surface area contributed by atoms with E-state index < -0.39 is 0 Å². The van der Waals surface area contributed by atoms with Gasteiger partial charge in [0.25, 0.3) is 0 Å². The number of hydrogen-bond donors (Lipinski definition) is 1. The smallest absolute Gasteiger partial charge is 0.00201 e. The highest BCUT2D eigenvalue weighted by molar-refractivity contribution is 5.20. The summed E-state index contributed by atoms with van der Waals surface area (Å²) >= 11 is 0. The second-order valence-corrected chi connectivity index (χ2v) is 4.95. The van der Waals surface area contributed by atoms with Crippen molar-refractivity contribution in [2.75, 3.05) is 13.1 Å². The van der Waals surface area contributed by atoms with E-state index in [1.54, 1.807) is 0 Å². The third kappa shape index (κ3) is 3.08. The summed E-state index contributed by atoms with van der Waals surface area (Å²) in [6.07, 6.45) is 5.73. The molecule has 1 unspecified atom stereocenters. The number of rotatable bonds is 6. The summed E-state index contributed by atoms with van der Waals surface area (Å²) in [6.45, 7) is 4.40. The van der Waals surface area contributed by atoms with Crippen LogP contribution in [0, 0.1) is 5.92 Å². The fraction of sp³-hybridized carbons (Fsp3) is 0.600. The van der Waals surface area contributed by atoms with Gasteiger partial charge in [0, 0.05) is 6.54 Å². The van der Waals surface area contributed by atoms with E-state index in [1.165, 1.54) is 31.2 Å². The molecule has 16 heavy (non-hydrogen) atoms. The molecule has 0 saturated heterocycles. The summed E-state index contributed by atoms with van der Waals surface area (Å²) in [5, 5.41) is 3.50. The van der Waals surface area contributed by atoms with E-state index in [-0.39, 0.29) is 0 Å². The van der Waals surface area contributed by atoms with Gasteiger partial charge in [-0.2, -0.15) is 0 Å². The summed E-state index contributed by atoms with van der Waals surface area (Å²) in [7, 11) is 0. The molecule has 1 aliphatic carbocycles. The van der Waals surface area contributed by atoms with Gasteiger partial charge in [-0.3, -0.25) is 0 Å². The number of hydrogen-bond acceptors (Lipinski definition) is 1. The summed E-state index contributed by atoms with van der Waals surface area (Å²) in [5.74, 6) is 1.70. The van der Waals surface area contributed by atoms with Gasteiger partial charge in [-0.1, -0.05) is 56.5 Å². The van der Waals surface area contributed by atoms with Crippen LogP contribution in [0.3, 0.4) is 0 Å². The van der Waals surface area contributed by atoms with Crippen LogP contribution < -0.4 is 5.32 Å². The zero-order valence-corrected chi connectivity index (χ0v) is 10.3. The van der Waals surface area contributed by atoms with Crippen molar-refractivity contribution in [3.63, 3.8) is 0 Å². The predicted octanol–water partition coefficient (Wildman–Crippen LogP) is 3.57. The van der Waals surface area contributed by atoms with Gasteiger partial charge in [-0.25, -0.2) is 0 Å². The van der Waals surface area contributed by atoms with Gasteiger partial charge in [-0.05, 0) is 30.4 Å². The molecular formula is C15H23N. The zero-order valence-electron chi connectivity index (χ0n) is 10.3. The molecule has 1 aliphatic rings. The Morgan fingerprint density at radius 2 is 2.00 bits per heavy atom. The fourth-order valence-electron chi connectivity index (χ4n) is 2.51. The van der Waals surface area contributed by atoms with E-state index in [4.69, 9.17) is 0 Å². The molecular weight excluding hydrogens is 194 g/mol. The molecule has 0 radical (unpaired) electrons. The van der Waals surface area contributed by atoms with E-state index in [2.05, 4.69) is 42.6 Å². The Hall–Kier alpha value is -0.820. The number of benzene rings is 1. The molecule has 1 fully saturated rings.